The molecule has 1 amide bonds. The lowest BCUT2D eigenvalue weighted by molar-refractivity contribution is -0.120. The third kappa shape index (κ3) is 7.24. The highest BCUT2D eigenvalue weighted by Gasteiger charge is 2.15. The molecular formula is C23H31NO6. The normalized spacial score (nSPS) is 10.5. The molecule has 7 heteroatoms. The van der Waals surface area contributed by atoms with Gasteiger partial charge in [-0.05, 0) is 35.7 Å². The molecule has 0 aliphatic carbocycles. The first-order chi connectivity index (χ1) is 14.6. The van der Waals surface area contributed by atoms with Crippen LogP contribution in [0.3, 0.4) is 0 Å². The Labute approximate surface area is 178 Å². The number of carbonyl (C=O) groups is 1. The van der Waals surface area contributed by atoms with Crippen LogP contribution in [0.15, 0.2) is 36.4 Å². The monoisotopic (exact) mass is 417 g/mol. The van der Waals surface area contributed by atoms with Gasteiger partial charge in [0.1, 0.15) is 0 Å². The summed E-state index contributed by atoms with van der Waals surface area (Å²) in [5.41, 5.74) is 2.85. The zero-order valence-corrected chi connectivity index (χ0v) is 18.2. The highest BCUT2D eigenvalue weighted by Crippen LogP contribution is 2.38. The van der Waals surface area contributed by atoms with Crippen LogP contribution in [0.25, 0.3) is 0 Å². The SMILES string of the molecule is CCOCCOCc1cccc(CNC(=O)Cc2cc(OC)c(OC)c(OC)c2)c1. The van der Waals surface area contributed by atoms with Gasteiger partial charge in [0.15, 0.2) is 11.5 Å². The fourth-order valence-electron chi connectivity index (χ4n) is 2.97. The number of rotatable bonds is 13. The minimum absolute atomic E-state index is 0.0948. The van der Waals surface area contributed by atoms with Crippen LogP contribution in [0.2, 0.25) is 0 Å². The van der Waals surface area contributed by atoms with Gasteiger partial charge in [-0.3, -0.25) is 4.79 Å². The van der Waals surface area contributed by atoms with Gasteiger partial charge in [0.05, 0.1) is 47.6 Å². The van der Waals surface area contributed by atoms with E-state index in [1.165, 1.54) is 0 Å². The Bertz CT molecular complexity index is 783. The second-order valence-electron chi connectivity index (χ2n) is 6.56. The average Bonchev–Trinajstić information content (AvgIpc) is 2.77. The third-order valence-corrected chi connectivity index (χ3v) is 4.42. The Morgan fingerprint density at radius 3 is 2.17 bits per heavy atom. The van der Waals surface area contributed by atoms with E-state index in [0.29, 0.717) is 50.2 Å². The minimum atomic E-state index is -0.0948. The van der Waals surface area contributed by atoms with Gasteiger partial charge in [-0.25, -0.2) is 0 Å². The summed E-state index contributed by atoms with van der Waals surface area (Å²) in [6, 6.07) is 11.5. The van der Waals surface area contributed by atoms with E-state index in [9.17, 15) is 4.79 Å². The van der Waals surface area contributed by atoms with E-state index in [1.807, 2.05) is 31.2 Å². The van der Waals surface area contributed by atoms with Crippen LogP contribution in [0.5, 0.6) is 17.2 Å². The zero-order valence-electron chi connectivity index (χ0n) is 18.2. The van der Waals surface area contributed by atoms with Crippen molar-refractivity contribution in [3.63, 3.8) is 0 Å². The van der Waals surface area contributed by atoms with Crippen molar-refractivity contribution in [3.05, 3.63) is 53.1 Å². The van der Waals surface area contributed by atoms with Crippen molar-refractivity contribution in [1.29, 1.82) is 0 Å². The molecule has 30 heavy (non-hydrogen) atoms. The number of ether oxygens (including phenoxy) is 5. The predicted octanol–water partition coefficient (Wildman–Crippen LogP) is 3.12. The fraction of sp³-hybridized carbons (Fsp3) is 0.435. The van der Waals surface area contributed by atoms with Gasteiger partial charge in [-0.15, -0.1) is 0 Å². The zero-order chi connectivity index (χ0) is 21.8. The van der Waals surface area contributed by atoms with Crippen molar-refractivity contribution in [3.8, 4) is 17.2 Å². The van der Waals surface area contributed by atoms with Gasteiger partial charge in [0.2, 0.25) is 11.7 Å². The maximum Gasteiger partial charge on any atom is 0.224 e. The molecule has 0 aliphatic rings. The molecule has 0 radical (unpaired) electrons. The number of amides is 1. The highest BCUT2D eigenvalue weighted by molar-refractivity contribution is 5.79. The average molecular weight is 418 g/mol. The summed E-state index contributed by atoms with van der Waals surface area (Å²) in [5.74, 6) is 1.46. The molecule has 0 saturated heterocycles. The van der Waals surface area contributed by atoms with E-state index in [-0.39, 0.29) is 12.3 Å². The lowest BCUT2D eigenvalue weighted by Crippen LogP contribution is -2.24. The maximum atomic E-state index is 12.4. The summed E-state index contributed by atoms with van der Waals surface area (Å²) >= 11 is 0. The second-order valence-corrected chi connectivity index (χ2v) is 6.56. The van der Waals surface area contributed by atoms with Crippen LogP contribution in [0.1, 0.15) is 23.6 Å². The summed E-state index contributed by atoms with van der Waals surface area (Å²) in [7, 11) is 4.65. The van der Waals surface area contributed by atoms with Crippen molar-refractivity contribution < 1.29 is 28.5 Å². The summed E-state index contributed by atoms with van der Waals surface area (Å²) in [4.78, 5) is 12.4. The summed E-state index contributed by atoms with van der Waals surface area (Å²) in [6.07, 6.45) is 0.205. The molecule has 0 saturated carbocycles. The molecule has 0 spiro atoms. The first-order valence-corrected chi connectivity index (χ1v) is 9.90. The number of hydrogen-bond donors (Lipinski definition) is 1. The molecule has 164 valence electrons. The van der Waals surface area contributed by atoms with Crippen LogP contribution in [-0.4, -0.2) is 47.1 Å². The van der Waals surface area contributed by atoms with Gasteiger partial charge in [-0.2, -0.15) is 0 Å². The summed E-state index contributed by atoms with van der Waals surface area (Å²) in [6.45, 7) is 4.75. The molecule has 1 N–H and O–H groups in total. The maximum absolute atomic E-state index is 12.4. The Morgan fingerprint density at radius 2 is 1.53 bits per heavy atom. The molecule has 0 aromatic heterocycles. The molecule has 0 bridgehead atoms. The molecule has 0 unspecified atom stereocenters. The van der Waals surface area contributed by atoms with Crippen molar-refractivity contribution in [2.75, 3.05) is 41.2 Å². The number of hydrogen-bond acceptors (Lipinski definition) is 6. The molecule has 0 heterocycles. The van der Waals surface area contributed by atoms with Gasteiger partial charge in [0.25, 0.3) is 0 Å². The molecule has 0 aliphatic heterocycles. The van der Waals surface area contributed by atoms with Crippen molar-refractivity contribution >= 4 is 5.91 Å². The lowest BCUT2D eigenvalue weighted by Gasteiger charge is -2.14. The third-order valence-electron chi connectivity index (χ3n) is 4.42. The number of carbonyl (C=O) groups excluding carboxylic acids is 1. The fourth-order valence-corrected chi connectivity index (χ4v) is 2.97. The van der Waals surface area contributed by atoms with E-state index in [1.54, 1.807) is 33.5 Å². The Kier molecular flexibility index (Phi) is 9.97. The topological polar surface area (TPSA) is 75.3 Å². The second kappa shape index (κ2) is 12.7. The van der Waals surface area contributed by atoms with E-state index in [2.05, 4.69) is 5.32 Å². The highest BCUT2D eigenvalue weighted by atomic mass is 16.5. The van der Waals surface area contributed by atoms with Crippen LogP contribution in [0.4, 0.5) is 0 Å². The van der Waals surface area contributed by atoms with Crippen LogP contribution in [0, 0.1) is 0 Å². The van der Waals surface area contributed by atoms with E-state index in [0.717, 1.165) is 16.7 Å². The predicted molar refractivity (Wildman–Crippen MR) is 114 cm³/mol. The number of methoxy groups -OCH3 is 3. The van der Waals surface area contributed by atoms with Gasteiger partial charge in [0, 0.05) is 13.2 Å². The molecular weight excluding hydrogens is 386 g/mol. The van der Waals surface area contributed by atoms with E-state index < -0.39 is 0 Å². The van der Waals surface area contributed by atoms with Gasteiger partial charge >= 0.3 is 0 Å². The summed E-state index contributed by atoms with van der Waals surface area (Å²) < 4.78 is 26.8. The van der Waals surface area contributed by atoms with Crippen LogP contribution in [-0.2, 0) is 33.8 Å². The quantitative estimate of drug-likeness (QED) is 0.505. The molecule has 2 aromatic carbocycles. The standard InChI is InChI=1S/C23H31NO6/c1-5-29-9-10-30-16-18-8-6-7-17(11-18)15-24-22(25)14-19-12-20(26-2)23(28-4)21(13-19)27-3/h6-8,11-13H,5,9-10,14-16H2,1-4H3,(H,24,25). The summed E-state index contributed by atoms with van der Waals surface area (Å²) in [5, 5.41) is 2.95. The largest absolute Gasteiger partial charge is 0.493 e. The molecule has 0 fully saturated rings. The van der Waals surface area contributed by atoms with Crippen LogP contribution < -0.4 is 19.5 Å². The number of benzene rings is 2. The van der Waals surface area contributed by atoms with Crippen molar-refractivity contribution in [2.45, 2.75) is 26.5 Å². The number of nitrogens with one attached hydrogen (secondary N) is 1. The first-order valence-electron chi connectivity index (χ1n) is 9.90. The Hall–Kier alpha value is -2.77. The van der Waals surface area contributed by atoms with E-state index >= 15 is 0 Å². The molecule has 7 nitrogen and oxygen atoms in total. The smallest absolute Gasteiger partial charge is 0.224 e. The lowest BCUT2D eigenvalue weighted by atomic mass is 10.1. The van der Waals surface area contributed by atoms with Crippen molar-refractivity contribution in [1.82, 2.24) is 5.32 Å². The Balaban J connectivity index is 1.89. The van der Waals surface area contributed by atoms with Gasteiger partial charge in [-0.1, -0.05) is 24.3 Å². The molecule has 2 rings (SSSR count). The van der Waals surface area contributed by atoms with Crippen LogP contribution >= 0.6 is 0 Å². The van der Waals surface area contributed by atoms with Gasteiger partial charge < -0.3 is 29.0 Å². The Morgan fingerprint density at radius 1 is 0.867 bits per heavy atom. The first kappa shape index (κ1) is 23.5. The van der Waals surface area contributed by atoms with E-state index in [4.69, 9.17) is 23.7 Å². The molecule has 2 aromatic rings. The van der Waals surface area contributed by atoms with Crippen molar-refractivity contribution in [2.24, 2.45) is 0 Å². The molecule has 0 atom stereocenters. The minimum Gasteiger partial charge on any atom is -0.493 e.